The summed E-state index contributed by atoms with van der Waals surface area (Å²) in [5.41, 5.74) is 1.25. The van der Waals surface area contributed by atoms with Crippen LogP contribution in [0.3, 0.4) is 0 Å². The lowest BCUT2D eigenvalue weighted by atomic mass is 10.1. The van der Waals surface area contributed by atoms with Gasteiger partial charge in [-0.05, 0) is 37.6 Å². The van der Waals surface area contributed by atoms with Crippen LogP contribution in [-0.2, 0) is 0 Å². The van der Waals surface area contributed by atoms with Gasteiger partial charge in [0, 0.05) is 18.5 Å². The van der Waals surface area contributed by atoms with Crippen molar-refractivity contribution >= 4 is 5.91 Å². The predicted molar refractivity (Wildman–Crippen MR) is 63.2 cm³/mol. The van der Waals surface area contributed by atoms with Crippen molar-refractivity contribution in [3.8, 4) is 17.6 Å². The highest BCUT2D eigenvalue weighted by atomic mass is 16.3. The Morgan fingerprint density at radius 3 is 2.88 bits per heavy atom. The van der Waals surface area contributed by atoms with Crippen molar-refractivity contribution in [3.05, 3.63) is 29.3 Å². The van der Waals surface area contributed by atoms with E-state index in [9.17, 15) is 9.90 Å². The van der Waals surface area contributed by atoms with Crippen molar-refractivity contribution in [2.75, 3.05) is 6.54 Å². The van der Waals surface area contributed by atoms with Gasteiger partial charge in [-0.2, -0.15) is 0 Å². The Bertz CT molecular complexity index is 441. The standard InChI is InChI=1S/C13H15NO2/c1-3-4-5-8-14-13(16)11-6-7-12(15)10(2)9-11/h6-7,9,15H,5,8H2,1-2H3,(H,14,16). The Hall–Kier alpha value is -1.95. The van der Waals surface area contributed by atoms with Gasteiger partial charge in [0.2, 0.25) is 0 Å². The van der Waals surface area contributed by atoms with E-state index >= 15 is 0 Å². The van der Waals surface area contributed by atoms with Crippen LogP contribution in [0.2, 0.25) is 0 Å². The maximum absolute atomic E-state index is 11.6. The second-order valence-electron chi connectivity index (χ2n) is 3.43. The minimum Gasteiger partial charge on any atom is -0.508 e. The molecule has 3 nitrogen and oxygen atoms in total. The van der Waals surface area contributed by atoms with Crippen molar-refractivity contribution in [2.24, 2.45) is 0 Å². The Labute approximate surface area is 95.5 Å². The van der Waals surface area contributed by atoms with E-state index in [0.717, 1.165) is 0 Å². The van der Waals surface area contributed by atoms with Crippen molar-refractivity contribution in [1.82, 2.24) is 5.32 Å². The number of benzene rings is 1. The molecule has 0 fully saturated rings. The van der Waals surface area contributed by atoms with Crippen LogP contribution < -0.4 is 5.32 Å². The van der Waals surface area contributed by atoms with Gasteiger partial charge < -0.3 is 10.4 Å². The fraction of sp³-hybridized carbons (Fsp3) is 0.308. The maximum atomic E-state index is 11.6. The lowest BCUT2D eigenvalue weighted by Crippen LogP contribution is -2.24. The molecule has 0 atom stereocenters. The van der Waals surface area contributed by atoms with Crippen LogP contribution >= 0.6 is 0 Å². The number of amides is 1. The molecular formula is C13H15NO2. The first-order valence-corrected chi connectivity index (χ1v) is 5.12. The summed E-state index contributed by atoms with van der Waals surface area (Å²) in [5.74, 6) is 5.70. The lowest BCUT2D eigenvalue weighted by molar-refractivity contribution is 0.0954. The summed E-state index contributed by atoms with van der Waals surface area (Å²) in [6.07, 6.45) is 0.652. The molecule has 0 bridgehead atoms. The average Bonchev–Trinajstić information content (AvgIpc) is 2.28. The zero-order chi connectivity index (χ0) is 12.0. The molecule has 1 amide bonds. The molecule has 0 radical (unpaired) electrons. The monoisotopic (exact) mass is 217 g/mol. The van der Waals surface area contributed by atoms with Crippen LogP contribution in [0, 0.1) is 18.8 Å². The molecule has 3 heteroatoms. The van der Waals surface area contributed by atoms with Crippen LogP contribution in [0.4, 0.5) is 0 Å². The summed E-state index contributed by atoms with van der Waals surface area (Å²) < 4.78 is 0. The average molecular weight is 217 g/mol. The summed E-state index contributed by atoms with van der Waals surface area (Å²) in [5, 5.41) is 12.1. The molecule has 0 aromatic heterocycles. The van der Waals surface area contributed by atoms with E-state index in [1.54, 1.807) is 26.0 Å². The number of nitrogens with one attached hydrogen (secondary N) is 1. The van der Waals surface area contributed by atoms with E-state index in [2.05, 4.69) is 17.2 Å². The molecule has 0 heterocycles. The molecule has 2 N–H and O–H groups in total. The second kappa shape index (κ2) is 5.82. The first-order chi connectivity index (χ1) is 7.65. The summed E-state index contributed by atoms with van der Waals surface area (Å²) >= 11 is 0. The number of hydrogen-bond acceptors (Lipinski definition) is 2. The Morgan fingerprint density at radius 2 is 2.25 bits per heavy atom. The van der Waals surface area contributed by atoms with Crippen molar-refractivity contribution in [1.29, 1.82) is 0 Å². The minimum atomic E-state index is -0.138. The number of carbonyl (C=O) groups excluding carboxylic acids is 1. The van der Waals surface area contributed by atoms with E-state index in [4.69, 9.17) is 0 Å². The highest BCUT2D eigenvalue weighted by Crippen LogP contribution is 2.16. The van der Waals surface area contributed by atoms with Crippen molar-refractivity contribution < 1.29 is 9.90 Å². The number of rotatable bonds is 3. The maximum Gasteiger partial charge on any atom is 0.251 e. The molecule has 1 aromatic rings. The molecule has 0 aliphatic rings. The van der Waals surface area contributed by atoms with E-state index in [0.29, 0.717) is 24.1 Å². The third-order valence-corrected chi connectivity index (χ3v) is 2.17. The highest BCUT2D eigenvalue weighted by Gasteiger charge is 2.05. The van der Waals surface area contributed by atoms with Gasteiger partial charge in [0.1, 0.15) is 5.75 Å². The fourth-order valence-corrected chi connectivity index (χ4v) is 1.26. The molecule has 16 heavy (non-hydrogen) atoms. The van der Waals surface area contributed by atoms with Crippen LogP contribution in [0.25, 0.3) is 0 Å². The number of carbonyl (C=O) groups is 1. The zero-order valence-electron chi connectivity index (χ0n) is 9.50. The van der Waals surface area contributed by atoms with Gasteiger partial charge in [0.15, 0.2) is 0 Å². The minimum absolute atomic E-state index is 0.138. The van der Waals surface area contributed by atoms with Gasteiger partial charge in [-0.3, -0.25) is 4.79 Å². The van der Waals surface area contributed by atoms with E-state index in [1.807, 2.05) is 0 Å². The summed E-state index contributed by atoms with van der Waals surface area (Å²) in [6.45, 7) is 4.07. The third-order valence-electron chi connectivity index (χ3n) is 2.17. The van der Waals surface area contributed by atoms with E-state index < -0.39 is 0 Å². The number of phenols is 1. The molecule has 0 aliphatic carbocycles. The van der Waals surface area contributed by atoms with Gasteiger partial charge in [0.25, 0.3) is 5.91 Å². The number of aryl methyl sites for hydroxylation is 1. The van der Waals surface area contributed by atoms with Gasteiger partial charge in [-0.1, -0.05) is 0 Å². The third kappa shape index (κ3) is 3.32. The molecule has 84 valence electrons. The second-order valence-corrected chi connectivity index (χ2v) is 3.43. The normalized spacial score (nSPS) is 9.12. The zero-order valence-corrected chi connectivity index (χ0v) is 9.50. The quantitative estimate of drug-likeness (QED) is 0.599. The van der Waals surface area contributed by atoms with Gasteiger partial charge in [-0.25, -0.2) is 0 Å². The van der Waals surface area contributed by atoms with Crippen LogP contribution in [-0.4, -0.2) is 17.6 Å². The molecular weight excluding hydrogens is 202 g/mol. The van der Waals surface area contributed by atoms with E-state index in [1.165, 1.54) is 6.07 Å². The van der Waals surface area contributed by atoms with E-state index in [-0.39, 0.29) is 11.7 Å². The largest absolute Gasteiger partial charge is 0.508 e. The van der Waals surface area contributed by atoms with Gasteiger partial charge in [-0.15, -0.1) is 11.8 Å². The molecule has 0 saturated heterocycles. The van der Waals surface area contributed by atoms with Crippen LogP contribution in [0.5, 0.6) is 5.75 Å². The van der Waals surface area contributed by atoms with Gasteiger partial charge in [0.05, 0.1) is 0 Å². The van der Waals surface area contributed by atoms with Crippen molar-refractivity contribution in [3.63, 3.8) is 0 Å². The topological polar surface area (TPSA) is 49.3 Å². The Balaban J connectivity index is 2.58. The smallest absolute Gasteiger partial charge is 0.251 e. The SMILES string of the molecule is CC#CCCNC(=O)c1ccc(O)c(C)c1. The number of hydrogen-bond donors (Lipinski definition) is 2. The predicted octanol–water partition coefficient (Wildman–Crippen LogP) is 1.84. The van der Waals surface area contributed by atoms with Crippen LogP contribution in [0.15, 0.2) is 18.2 Å². The first-order valence-electron chi connectivity index (χ1n) is 5.12. The summed E-state index contributed by atoms with van der Waals surface area (Å²) in [4.78, 5) is 11.6. The molecule has 0 aliphatic heterocycles. The lowest BCUT2D eigenvalue weighted by Gasteiger charge is -2.05. The molecule has 0 spiro atoms. The first kappa shape index (κ1) is 12.1. The summed E-state index contributed by atoms with van der Waals surface area (Å²) in [7, 11) is 0. The molecule has 0 unspecified atom stereocenters. The Morgan fingerprint density at radius 1 is 1.50 bits per heavy atom. The Kier molecular flexibility index (Phi) is 4.41. The molecule has 1 aromatic carbocycles. The van der Waals surface area contributed by atoms with Gasteiger partial charge >= 0.3 is 0 Å². The number of phenolic OH excluding ortho intramolecular Hbond substituents is 1. The summed E-state index contributed by atoms with van der Waals surface area (Å²) in [6, 6.07) is 4.79. The molecule has 0 saturated carbocycles. The van der Waals surface area contributed by atoms with Crippen LogP contribution in [0.1, 0.15) is 29.3 Å². The molecule has 1 rings (SSSR count). The fourth-order valence-electron chi connectivity index (χ4n) is 1.26. The number of aromatic hydroxyl groups is 1. The van der Waals surface area contributed by atoms with Crippen molar-refractivity contribution in [2.45, 2.75) is 20.3 Å². The highest BCUT2D eigenvalue weighted by molar-refractivity contribution is 5.94.